The Morgan fingerprint density at radius 3 is 2.31 bits per heavy atom. The summed E-state index contributed by atoms with van der Waals surface area (Å²) in [5, 5.41) is 10.6. The molecule has 0 heterocycles. The van der Waals surface area contributed by atoms with Gasteiger partial charge in [-0.2, -0.15) is 0 Å². The molecular weight excluding hydrogens is 200 g/mol. The van der Waals surface area contributed by atoms with Crippen LogP contribution in [0.25, 0.3) is 0 Å². The first-order valence-corrected chi connectivity index (χ1v) is 5.91. The van der Waals surface area contributed by atoms with Gasteiger partial charge in [-0.3, -0.25) is 4.79 Å². The van der Waals surface area contributed by atoms with Crippen molar-refractivity contribution in [3.63, 3.8) is 0 Å². The second-order valence-electron chi connectivity index (χ2n) is 4.77. The van der Waals surface area contributed by atoms with Crippen LogP contribution in [0.4, 0.5) is 0 Å². The van der Waals surface area contributed by atoms with Gasteiger partial charge in [0.15, 0.2) is 0 Å². The standard InChI is InChI=1S/C14H18O2/c1-11(12-5-3-2-4-6-12)14(16)9-7-13(15)8-10-14/h2-6,11,16H,7-10H2,1H3. The highest BCUT2D eigenvalue weighted by Crippen LogP contribution is 2.38. The van der Waals surface area contributed by atoms with Gasteiger partial charge in [-0.15, -0.1) is 0 Å². The zero-order chi connectivity index (χ0) is 11.6. The Morgan fingerprint density at radius 2 is 1.75 bits per heavy atom. The Morgan fingerprint density at radius 1 is 1.19 bits per heavy atom. The van der Waals surface area contributed by atoms with Crippen molar-refractivity contribution >= 4 is 5.78 Å². The van der Waals surface area contributed by atoms with Gasteiger partial charge in [0.25, 0.3) is 0 Å². The Labute approximate surface area is 96.3 Å². The fourth-order valence-electron chi connectivity index (χ4n) is 2.45. The number of carbonyl (C=O) groups is 1. The highest BCUT2D eigenvalue weighted by molar-refractivity contribution is 5.79. The van der Waals surface area contributed by atoms with Crippen molar-refractivity contribution in [3.05, 3.63) is 35.9 Å². The van der Waals surface area contributed by atoms with Crippen LogP contribution in [0, 0.1) is 0 Å². The number of hydrogen-bond acceptors (Lipinski definition) is 2. The monoisotopic (exact) mass is 218 g/mol. The molecule has 0 aromatic heterocycles. The smallest absolute Gasteiger partial charge is 0.133 e. The topological polar surface area (TPSA) is 37.3 Å². The first-order chi connectivity index (χ1) is 7.62. The lowest BCUT2D eigenvalue weighted by Crippen LogP contribution is -2.39. The van der Waals surface area contributed by atoms with Crippen molar-refractivity contribution in [2.24, 2.45) is 0 Å². The van der Waals surface area contributed by atoms with Crippen LogP contribution in [0.3, 0.4) is 0 Å². The molecule has 0 radical (unpaired) electrons. The van der Waals surface area contributed by atoms with E-state index in [-0.39, 0.29) is 11.7 Å². The van der Waals surface area contributed by atoms with Crippen molar-refractivity contribution in [1.29, 1.82) is 0 Å². The summed E-state index contributed by atoms with van der Waals surface area (Å²) in [7, 11) is 0. The van der Waals surface area contributed by atoms with Crippen LogP contribution in [0.5, 0.6) is 0 Å². The quantitative estimate of drug-likeness (QED) is 0.828. The third-order valence-corrected chi connectivity index (χ3v) is 3.78. The minimum Gasteiger partial charge on any atom is -0.389 e. The van der Waals surface area contributed by atoms with E-state index in [0.29, 0.717) is 25.7 Å². The molecule has 2 rings (SSSR count). The molecule has 2 nitrogen and oxygen atoms in total. The fourth-order valence-corrected chi connectivity index (χ4v) is 2.45. The predicted molar refractivity (Wildman–Crippen MR) is 63.3 cm³/mol. The Balaban J connectivity index is 2.15. The van der Waals surface area contributed by atoms with E-state index in [9.17, 15) is 9.90 Å². The zero-order valence-electron chi connectivity index (χ0n) is 9.65. The lowest BCUT2D eigenvalue weighted by molar-refractivity contribution is -0.126. The average molecular weight is 218 g/mol. The number of benzene rings is 1. The molecule has 2 heteroatoms. The van der Waals surface area contributed by atoms with Gasteiger partial charge in [0.2, 0.25) is 0 Å². The molecule has 16 heavy (non-hydrogen) atoms. The molecule has 1 unspecified atom stereocenters. The van der Waals surface area contributed by atoms with Gasteiger partial charge in [-0.05, 0) is 18.4 Å². The maximum Gasteiger partial charge on any atom is 0.133 e. The second-order valence-corrected chi connectivity index (χ2v) is 4.77. The predicted octanol–water partition coefficient (Wildman–Crippen LogP) is 2.66. The van der Waals surface area contributed by atoms with Crippen molar-refractivity contribution in [2.45, 2.75) is 44.1 Å². The van der Waals surface area contributed by atoms with Crippen molar-refractivity contribution in [1.82, 2.24) is 0 Å². The minimum absolute atomic E-state index is 0.0989. The van der Waals surface area contributed by atoms with Crippen LogP contribution in [-0.2, 0) is 4.79 Å². The molecule has 0 amide bonds. The highest BCUT2D eigenvalue weighted by atomic mass is 16.3. The van der Waals surface area contributed by atoms with Gasteiger partial charge in [0.05, 0.1) is 5.60 Å². The first kappa shape index (κ1) is 11.3. The third-order valence-electron chi connectivity index (χ3n) is 3.78. The Hall–Kier alpha value is -1.15. The molecule has 1 N–H and O–H groups in total. The van der Waals surface area contributed by atoms with E-state index >= 15 is 0 Å². The lowest BCUT2D eigenvalue weighted by Gasteiger charge is -2.37. The fraction of sp³-hybridized carbons (Fsp3) is 0.500. The summed E-state index contributed by atoms with van der Waals surface area (Å²) in [6, 6.07) is 10.0. The molecule has 0 spiro atoms. The van der Waals surface area contributed by atoms with E-state index in [1.54, 1.807) is 0 Å². The van der Waals surface area contributed by atoms with E-state index in [0.717, 1.165) is 5.56 Å². The van der Waals surface area contributed by atoms with Gasteiger partial charge < -0.3 is 5.11 Å². The summed E-state index contributed by atoms with van der Waals surface area (Å²) in [6.45, 7) is 2.05. The summed E-state index contributed by atoms with van der Waals surface area (Å²) in [4.78, 5) is 11.2. The molecule has 1 aliphatic rings. The van der Waals surface area contributed by atoms with Crippen LogP contribution in [0.1, 0.15) is 44.1 Å². The number of carbonyl (C=O) groups excluding carboxylic acids is 1. The third kappa shape index (κ3) is 2.17. The maximum atomic E-state index is 11.2. The normalized spacial score (nSPS) is 21.8. The Kier molecular flexibility index (Phi) is 3.10. The van der Waals surface area contributed by atoms with E-state index in [1.165, 1.54) is 0 Å². The van der Waals surface area contributed by atoms with E-state index in [1.807, 2.05) is 37.3 Å². The van der Waals surface area contributed by atoms with Crippen LogP contribution in [0.15, 0.2) is 30.3 Å². The zero-order valence-corrected chi connectivity index (χ0v) is 9.65. The molecule has 1 fully saturated rings. The van der Waals surface area contributed by atoms with Gasteiger partial charge in [-0.1, -0.05) is 37.3 Å². The molecule has 1 aromatic rings. The molecule has 1 atom stereocenters. The van der Waals surface area contributed by atoms with Crippen molar-refractivity contribution in [2.75, 3.05) is 0 Å². The van der Waals surface area contributed by atoms with Crippen LogP contribution in [-0.4, -0.2) is 16.5 Å². The molecule has 1 saturated carbocycles. The van der Waals surface area contributed by atoms with Crippen molar-refractivity contribution < 1.29 is 9.90 Å². The van der Waals surface area contributed by atoms with Gasteiger partial charge in [0, 0.05) is 18.8 Å². The minimum atomic E-state index is -0.699. The highest BCUT2D eigenvalue weighted by Gasteiger charge is 2.37. The average Bonchev–Trinajstić information content (AvgIpc) is 2.33. The summed E-state index contributed by atoms with van der Waals surface area (Å²) >= 11 is 0. The summed E-state index contributed by atoms with van der Waals surface area (Å²) in [5.74, 6) is 0.381. The van der Waals surface area contributed by atoms with E-state index < -0.39 is 5.60 Å². The number of rotatable bonds is 2. The van der Waals surface area contributed by atoms with Gasteiger partial charge in [-0.25, -0.2) is 0 Å². The second kappa shape index (κ2) is 4.38. The number of aliphatic hydroxyl groups is 1. The largest absolute Gasteiger partial charge is 0.389 e. The number of hydrogen-bond donors (Lipinski definition) is 1. The molecule has 0 bridgehead atoms. The van der Waals surface area contributed by atoms with Gasteiger partial charge >= 0.3 is 0 Å². The van der Waals surface area contributed by atoms with Crippen LogP contribution in [0.2, 0.25) is 0 Å². The van der Waals surface area contributed by atoms with E-state index in [4.69, 9.17) is 0 Å². The lowest BCUT2D eigenvalue weighted by atomic mass is 9.73. The number of ketones is 1. The van der Waals surface area contributed by atoms with Gasteiger partial charge in [0.1, 0.15) is 5.78 Å². The SMILES string of the molecule is CC(c1ccccc1)C1(O)CCC(=O)CC1. The molecular formula is C14H18O2. The Bertz CT molecular complexity index is 360. The summed E-state index contributed by atoms with van der Waals surface area (Å²) in [6.07, 6.45) is 2.24. The molecule has 1 aromatic carbocycles. The van der Waals surface area contributed by atoms with E-state index in [2.05, 4.69) is 0 Å². The summed E-state index contributed by atoms with van der Waals surface area (Å²) in [5.41, 5.74) is 0.453. The maximum absolute atomic E-state index is 11.2. The molecule has 0 saturated heterocycles. The molecule has 1 aliphatic carbocycles. The molecule has 0 aliphatic heterocycles. The van der Waals surface area contributed by atoms with Crippen LogP contribution >= 0.6 is 0 Å². The number of Topliss-reactive ketones (excluding diaryl/α,β-unsaturated/α-hetero) is 1. The van der Waals surface area contributed by atoms with Crippen LogP contribution < -0.4 is 0 Å². The first-order valence-electron chi connectivity index (χ1n) is 5.91. The summed E-state index contributed by atoms with van der Waals surface area (Å²) < 4.78 is 0. The molecule has 86 valence electrons. The van der Waals surface area contributed by atoms with Crippen molar-refractivity contribution in [3.8, 4) is 0 Å².